The van der Waals surface area contributed by atoms with Crippen LogP contribution in [-0.4, -0.2) is 35.7 Å². The number of rotatable bonds is 9. The van der Waals surface area contributed by atoms with Crippen LogP contribution in [0.3, 0.4) is 0 Å². The van der Waals surface area contributed by atoms with Crippen molar-refractivity contribution in [3.8, 4) is 0 Å². The number of nitrogens with zero attached hydrogens (tertiary/aromatic N) is 2. The summed E-state index contributed by atoms with van der Waals surface area (Å²) in [5, 5.41) is 18.5. The topological polar surface area (TPSA) is 65.2 Å². The van der Waals surface area contributed by atoms with Crippen molar-refractivity contribution in [2.45, 2.75) is 0 Å². The third-order valence-electron chi connectivity index (χ3n) is 2.08. The molecule has 5 heteroatoms. The molecule has 4 nitrogen and oxygen atoms in total. The molecule has 0 aromatic carbocycles. The molecule has 0 saturated heterocycles. The zero-order chi connectivity index (χ0) is 15.4. The van der Waals surface area contributed by atoms with Crippen LogP contribution in [0.4, 0.5) is 0 Å². The van der Waals surface area contributed by atoms with Gasteiger partial charge in [-0.05, 0) is 0 Å². The third kappa shape index (κ3) is 10.4. The molecule has 0 fully saturated rings. The molecule has 0 aliphatic carbocycles. The van der Waals surface area contributed by atoms with Gasteiger partial charge in [0.1, 0.15) is 11.5 Å². The third-order valence-corrected chi connectivity index (χ3v) is 2.08. The zero-order valence-electron chi connectivity index (χ0n) is 11.8. The van der Waals surface area contributed by atoms with Crippen LogP contribution in [-0.2, 0) is 17.1 Å². The van der Waals surface area contributed by atoms with Crippen LogP contribution in [0.15, 0.2) is 83.3 Å². The molecule has 0 bridgehead atoms. The number of hydrogen-bond donors (Lipinski definition) is 2. The minimum Gasteiger partial charge on any atom is -0.508 e. The van der Waals surface area contributed by atoms with Gasteiger partial charge in [0.25, 0.3) is 0 Å². The van der Waals surface area contributed by atoms with Gasteiger partial charge in [-0.15, -0.1) is 0 Å². The largest absolute Gasteiger partial charge is 0.508 e. The van der Waals surface area contributed by atoms with E-state index in [-0.39, 0.29) is 28.6 Å². The Hall–Kier alpha value is -2.10. The van der Waals surface area contributed by atoms with Gasteiger partial charge in [0.2, 0.25) is 0 Å². The monoisotopic (exact) mass is 335 g/mol. The first-order chi connectivity index (χ1) is 9.52. The van der Waals surface area contributed by atoms with Crippen molar-refractivity contribution in [2.24, 2.45) is 9.98 Å². The molecule has 0 spiro atoms. The second kappa shape index (κ2) is 12.9. The summed E-state index contributed by atoms with van der Waals surface area (Å²) < 4.78 is 0. The molecular weight excluding hydrogens is 316 g/mol. The number of aliphatic hydroxyl groups excluding tert-OH is 2. The van der Waals surface area contributed by atoms with E-state index in [4.69, 9.17) is 0 Å². The molecular formula is C16H20CuN2O2. The molecule has 2 N–H and O–H groups in total. The van der Waals surface area contributed by atoms with E-state index in [1.54, 1.807) is 24.3 Å². The Kier molecular flexibility index (Phi) is 13.0. The van der Waals surface area contributed by atoms with E-state index in [1.165, 1.54) is 12.4 Å². The summed E-state index contributed by atoms with van der Waals surface area (Å²) in [6.07, 6.45) is 9.31. The molecule has 0 aromatic heterocycles. The van der Waals surface area contributed by atoms with Gasteiger partial charge in [0.15, 0.2) is 0 Å². The van der Waals surface area contributed by atoms with E-state index in [9.17, 15) is 10.2 Å². The van der Waals surface area contributed by atoms with Crippen molar-refractivity contribution >= 4 is 12.4 Å². The molecule has 117 valence electrons. The van der Waals surface area contributed by atoms with Crippen molar-refractivity contribution in [1.29, 1.82) is 0 Å². The van der Waals surface area contributed by atoms with E-state index in [0.29, 0.717) is 24.2 Å². The Morgan fingerprint density at radius 2 is 1.14 bits per heavy atom. The predicted molar refractivity (Wildman–Crippen MR) is 86.8 cm³/mol. The van der Waals surface area contributed by atoms with Crippen LogP contribution >= 0.6 is 0 Å². The van der Waals surface area contributed by atoms with Gasteiger partial charge in [0, 0.05) is 40.6 Å². The summed E-state index contributed by atoms with van der Waals surface area (Å²) in [6.45, 7) is 14.8. The molecule has 21 heavy (non-hydrogen) atoms. The summed E-state index contributed by atoms with van der Waals surface area (Å²) in [5.41, 5.74) is 1.000. The van der Waals surface area contributed by atoms with E-state index < -0.39 is 0 Å². The van der Waals surface area contributed by atoms with Crippen molar-refractivity contribution in [1.82, 2.24) is 0 Å². The second-order valence-electron chi connectivity index (χ2n) is 3.68. The normalized spacial score (nSPS) is 12.2. The Labute approximate surface area is 136 Å². The van der Waals surface area contributed by atoms with Crippen LogP contribution in [0.2, 0.25) is 0 Å². The van der Waals surface area contributed by atoms with Crippen LogP contribution in [0.1, 0.15) is 0 Å². The van der Waals surface area contributed by atoms with Gasteiger partial charge in [-0.2, -0.15) is 0 Å². The number of aliphatic hydroxyl groups is 2. The smallest absolute Gasteiger partial charge is 0.117 e. The predicted octanol–water partition coefficient (Wildman–Crippen LogP) is 3.49. The minimum absolute atomic E-state index is 0. The standard InChI is InChI=1S/C16H20N2O2.Cu/c1-5-7-15(13(3)19)11-17-9-10-18-12-16(8-6-2)14(4)20;/h5-8,11-12,19-20H,1-4,9-10H2;/b15-7-,16-8-,17-11?,18-12?;. The Morgan fingerprint density at radius 1 is 0.810 bits per heavy atom. The molecule has 0 rings (SSSR count). The summed E-state index contributed by atoms with van der Waals surface area (Å²) in [7, 11) is 0. The molecule has 0 aromatic rings. The van der Waals surface area contributed by atoms with Gasteiger partial charge in [0.05, 0.1) is 13.1 Å². The molecule has 1 radical (unpaired) electrons. The molecule has 0 aliphatic rings. The Balaban J connectivity index is 0. The molecule has 0 heterocycles. The fourth-order valence-corrected chi connectivity index (χ4v) is 1.12. The minimum atomic E-state index is -0.0649. The Morgan fingerprint density at radius 3 is 1.38 bits per heavy atom. The van der Waals surface area contributed by atoms with Crippen molar-refractivity contribution in [2.75, 3.05) is 13.1 Å². The molecule has 0 aliphatic heterocycles. The first-order valence-corrected chi connectivity index (χ1v) is 5.94. The van der Waals surface area contributed by atoms with Gasteiger partial charge < -0.3 is 10.2 Å². The van der Waals surface area contributed by atoms with Crippen molar-refractivity contribution in [3.63, 3.8) is 0 Å². The van der Waals surface area contributed by atoms with Crippen LogP contribution < -0.4 is 0 Å². The Bertz CT molecular complexity index is 454. The van der Waals surface area contributed by atoms with Gasteiger partial charge in [-0.3, -0.25) is 9.98 Å². The van der Waals surface area contributed by atoms with Gasteiger partial charge in [-0.1, -0.05) is 50.6 Å². The van der Waals surface area contributed by atoms with E-state index in [0.717, 1.165) is 0 Å². The molecule has 0 amide bonds. The van der Waals surface area contributed by atoms with Crippen LogP contribution in [0, 0.1) is 0 Å². The van der Waals surface area contributed by atoms with Crippen LogP contribution in [0.5, 0.6) is 0 Å². The fourth-order valence-electron chi connectivity index (χ4n) is 1.12. The van der Waals surface area contributed by atoms with Gasteiger partial charge in [-0.25, -0.2) is 0 Å². The summed E-state index contributed by atoms with van der Waals surface area (Å²) >= 11 is 0. The van der Waals surface area contributed by atoms with E-state index in [1.807, 2.05) is 0 Å². The maximum absolute atomic E-state index is 9.25. The number of allylic oxidation sites excluding steroid dienone is 6. The number of aliphatic imine (C=N–C) groups is 2. The average Bonchev–Trinajstić information content (AvgIpc) is 2.39. The summed E-state index contributed by atoms with van der Waals surface area (Å²) in [5.74, 6) is -0.130. The number of hydrogen-bond acceptors (Lipinski definition) is 4. The summed E-state index contributed by atoms with van der Waals surface area (Å²) in [6, 6.07) is 0. The van der Waals surface area contributed by atoms with Crippen LogP contribution in [0.25, 0.3) is 0 Å². The molecule has 0 unspecified atom stereocenters. The quantitative estimate of drug-likeness (QED) is 0.223. The first-order valence-electron chi connectivity index (χ1n) is 5.94. The second-order valence-corrected chi connectivity index (χ2v) is 3.68. The molecule has 0 saturated carbocycles. The van der Waals surface area contributed by atoms with E-state index in [2.05, 4.69) is 36.3 Å². The SMILES string of the molecule is C=C/C=C(/C=NCCN=C/C(=C/C=C)C(=C)O)C(=C)O.[Cu]. The zero-order valence-corrected chi connectivity index (χ0v) is 12.7. The van der Waals surface area contributed by atoms with E-state index >= 15 is 0 Å². The van der Waals surface area contributed by atoms with Crippen molar-refractivity contribution < 1.29 is 27.3 Å². The maximum Gasteiger partial charge on any atom is 0.117 e. The maximum atomic E-state index is 9.25. The molecule has 0 atom stereocenters. The van der Waals surface area contributed by atoms with Gasteiger partial charge >= 0.3 is 0 Å². The average molecular weight is 336 g/mol. The fraction of sp³-hybridized carbons (Fsp3) is 0.125. The first kappa shape index (κ1) is 21.2. The van der Waals surface area contributed by atoms with Crippen molar-refractivity contribution in [3.05, 3.63) is 73.3 Å². The summed E-state index contributed by atoms with van der Waals surface area (Å²) in [4.78, 5) is 8.20.